The van der Waals surface area contributed by atoms with Crippen LogP contribution in [0.2, 0.25) is 5.02 Å². The Morgan fingerprint density at radius 1 is 1.28 bits per heavy atom. The monoisotopic (exact) mass is 326 g/mol. The number of carbonyl (C=O) groups is 1. The zero-order chi connectivity index (χ0) is 12.9. The first-order chi connectivity index (χ1) is 8.59. The number of hydrogen-bond acceptors (Lipinski definition) is 2. The highest BCUT2D eigenvalue weighted by Gasteiger charge is 2.44. The predicted octanol–water partition coefficient (Wildman–Crippen LogP) is 4.15. The number of halogens is 2. The first-order valence-corrected chi connectivity index (χ1v) is 7.19. The van der Waals surface area contributed by atoms with Gasteiger partial charge < -0.3 is 5.11 Å². The molecule has 0 saturated heterocycles. The van der Waals surface area contributed by atoms with E-state index in [-0.39, 0.29) is 23.4 Å². The van der Waals surface area contributed by atoms with Gasteiger partial charge in [0.25, 0.3) is 0 Å². The van der Waals surface area contributed by atoms with Crippen LogP contribution >= 0.6 is 27.5 Å². The molecule has 1 saturated carbocycles. The molecule has 1 aromatic rings. The Labute approximate surface area is 119 Å². The quantitative estimate of drug-likeness (QED) is 0.841. The third kappa shape index (κ3) is 1.72. The van der Waals surface area contributed by atoms with E-state index in [9.17, 15) is 9.90 Å². The molecule has 1 aromatic carbocycles. The van der Waals surface area contributed by atoms with Crippen LogP contribution in [0.4, 0.5) is 0 Å². The summed E-state index contributed by atoms with van der Waals surface area (Å²) in [5.74, 6) is 0.762. The van der Waals surface area contributed by atoms with Gasteiger partial charge in [0.1, 0.15) is 5.75 Å². The van der Waals surface area contributed by atoms with E-state index in [4.69, 9.17) is 11.6 Å². The Bertz CT molecular complexity index is 565. The van der Waals surface area contributed by atoms with Gasteiger partial charge in [0.05, 0.1) is 9.51 Å². The van der Waals surface area contributed by atoms with Crippen molar-refractivity contribution < 1.29 is 9.90 Å². The second-order valence-electron chi connectivity index (χ2n) is 4.90. The highest BCUT2D eigenvalue weighted by Crippen LogP contribution is 2.52. The van der Waals surface area contributed by atoms with Crippen LogP contribution in [-0.2, 0) is 4.79 Å². The molecule has 0 aromatic heterocycles. The second-order valence-corrected chi connectivity index (χ2v) is 6.10. The lowest BCUT2D eigenvalue weighted by atomic mass is 9.90. The van der Waals surface area contributed by atoms with Gasteiger partial charge in [-0.05, 0) is 64.0 Å². The third-order valence-corrected chi connectivity index (χ3v) is 5.05. The molecule has 0 spiro atoms. The Hall–Kier alpha value is -0.800. The molecule has 0 bridgehead atoms. The van der Waals surface area contributed by atoms with Crippen LogP contribution in [0.5, 0.6) is 5.75 Å². The predicted molar refractivity (Wildman–Crippen MR) is 74.8 cm³/mol. The fourth-order valence-electron chi connectivity index (χ4n) is 3.12. The number of ketones is 1. The molecule has 2 aliphatic carbocycles. The number of phenolic OH excluding ortho intramolecular Hbond substituents is 1. The fraction of sp³-hybridized carbons (Fsp3) is 0.357. The molecule has 18 heavy (non-hydrogen) atoms. The maximum atomic E-state index is 12.2. The molecule has 0 heterocycles. The average molecular weight is 328 g/mol. The Balaban J connectivity index is 2.13. The van der Waals surface area contributed by atoms with E-state index < -0.39 is 0 Å². The molecule has 0 amide bonds. The third-order valence-electron chi connectivity index (χ3n) is 3.92. The van der Waals surface area contributed by atoms with Crippen molar-refractivity contribution in [1.29, 1.82) is 0 Å². The Kier molecular flexibility index (Phi) is 2.99. The van der Waals surface area contributed by atoms with E-state index in [2.05, 4.69) is 15.9 Å². The van der Waals surface area contributed by atoms with Gasteiger partial charge in [-0.1, -0.05) is 18.0 Å². The van der Waals surface area contributed by atoms with Crippen molar-refractivity contribution in [2.45, 2.75) is 19.3 Å². The number of aromatic hydroxyl groups is 1. The molecule has 0 radical (unpaired) electrons. The van der Waals surface area contributed by atoms with Gasteiger partial charge in [0.2, 0.25) is 0 Å². The van der Waals surface area contributed by atoms with Gasteiger partial charge >= 0.3 is 0 Å². The number of fused-ring (bicyclic) bond motifs is 1. The number of hydrogen-bond donors (Lipinski definition) is 1. The Morgan fingerprint density at radius 3 is 2.72 bits per heavy atom. The minimum Gasteiger partial charge on any atom is -0.508 e. The molecular formula is C14H12BrClO2. The molecule has 3 rings (SSSR count). The molecule has 2 unspecified atom stereocenters. The number of carbonyl (C=O) groups excluding carboxylic acids is 1. The van der Waals surface area contributed by atoms with Crippen LogP contribution in [-0.4, -0.2) is 10.9 Å². The lowest BCUT2D eigenvalue weighted by Crippen LogP contribution is -2.10. The van der Waals surface area contributed by atoms with Crippen LogP contribution < -0.4 is 0 Å². The number of allylic oxidation sites excluding steroid dienone is 2. The summed E-state index contributed by atoms with van der Waals surface area (Å²) in [7, 11) is 0. The molecule has 2 aliphatic rings. The van der Waals surface area contributed by atoms with E-state index in [0.29, 0.717) is 9.51 Å². The summed E-state index contributed by atoms with van der Waals surface area (Å²) in [6.07, 6.45) is 3.11. The molecule has 1 fully saturated rings. The highest BCUT2D eigenvalue weighted by molar-refractivity contribution is 9.12. The van der Waals surface area contributed by atoms with Gasteiger partial charge in [-0.15, -0.1) is 0 Å². The van der Waals surface area contributed by atoms with E-state index in [1.807, 2.05) is 0 Å². The molecular weight excluding hydrogens is 316 g/mol. The summed E-state index contributed by atoms with van der Waals surface area (Å²) < 4.78 is 0.671. The maximum absolute atomic E-state index is 12.2. The van der Waals surface area contributed by atoms with Crippen molar-refractivity contribution in [3.63, 3.8) is 0 Å². The SMILES string of the molecule is O=C1C(Br)=C(c2ccc(O)cc2Cl)C2CCCC12. The topological polar surface area (TPSA) is 37.3 Å². The summed E-state index contributed by atoms with van der Waals surface area (Å²) in [5, 5.41) is 9.91. The van der Waals surface area contributed by atoms with Crippen molar-refractivity contribution in [2.24, 2.45) is 11.8 Å². The molecule has 94 valence electrons. The first kappa shape index (κ1) is 12.2. The number of rotatable bonds is 1. The van der Waals surface area contributed by atoms with Gasteiger partial charge in [-0.2, -0.15) is 0 Å². The van der Waals surface area contributed by atoms with Gasteiger partial charge in [-0.3, -0.25) is 4.79 Å². The van der Waals surface area contributed by atoms with Crippen LogP contribution in [0.1, 0.15) is 24.8 Å². The van der Waals surface area contributed by atoms with E-state index in [0.717, 1.165) is 30.4 Å². The summed E-state index contributed by atoms with van der Waals surface area (Å²) >= 11 is 9.61. The second kappa shape index (κ2) is 4.39. The largest absolute Gasteiger partial charge is 0.508 e. The van der Waals surface area contributed by atoms with Crippen molar-refractivity contribution >= 4 is 38.9 Å². The summed E-state index contributed by atoms with van der Waals surface area (Å²) in [5.41, 5.74) is 1.89. The van der Waals surface area contributed by atoms with Crippen LogP contribution in [0.25, 0.3) is 5.57 Å². The zero-order valence-electron chi connectivity index (χ0n) is 9.62. The molecule has 2 nitrogen and oxygen atoms in total. The summed E-state index contributed by atoms with van der Waals surface area (Å²) in [6.45, 7) is 0. The van der Waals surface area contributed by atoms with Crippen LogP contribution in [0.15, 0.2) is 22.7 Å². The van der Waals surface area contributed by atoms with Gasteiger partial charge in [0.15, 0.2) is 5.78 Å². The summed E-state index contributed by atoms with van der Waals surface area (Å²) in [6, 6.07) is 4.93. The first-order valence-electron chi connectivity index (χ1n) is 6.02. The minimum atomic E-state index is 0.124. The van der Waals surface area contributed by atoms with Crippen molar-refractivity contribution in [1.82, 2.24) is 0 Å². The zero-order valence-corrected chi connectivity index (χ0v) is 12.0. The number of phenols is 1. The average Bonchev–Trinajstić information content (AvgIpc) is 2.87. The van der Waals surface area contributed by atoms with Crippen LogP contribution in [0.3, 0.4) is 0 Å². The maximum Gasteiger partial charge on any atom is 0.173 e. The van der Waals surface area contributed by atoms with Gasteiger partial charge in [-0.25, -0.2) is 0 Å². The molecule has 4 heteroatoms. The van der Waals surface area contributed by atoms with Crippen molar-refractivity contribution in [3.8, 4) is 5.75 Å². The van der Waals surface area contributed by atoms with E-state index in [1.54, 1.807) is 12.1 Å². The molecule has 2 atom stereocenters. The number of benzene rings is 1. The molecule has 1 N–H and O–H groups in total. The van der Waals surface area contributed by atoms with Crippen LogP contribution in [0, 0.1) is 11.8 Å². The number of Topliss-reactive ketones (excluding diaryl/α,β-unsaturated/α-hetero) is 1. The van der Waals surface area contributed by atoms with Crippen molar-refractivity contribution in [2.75, 3.05) is 0 Å². The minimum absolute atomic E-state index is 0.124. The smallest absolute Gasteiger partial charge is 0.173 e. The van der Waals surface area contributed by atoms with E-state index >= 15 is 0 Å². The molecule has 0 aliphatic heterocycles. The lowest BCUT2D eigenvalue weighted by molar-refractivity contribution is -0.118. The lowest BCUT2D eigenvalue weighted by Gasteiger charge is -2.14. The highest BCUT2D eigenvalue weighted by atomic mass is 79.9. The standard InChI is InChI=1S/C14H12BrClO2/c15-13-12(8-2-1-3-9(8)14(13)18)10-5-4-7(17)6-11(10)16/h4-6,8-9,17H,1-3H2. The van der Waals surface area contributed by atoms with Crippen molar-refractivity contribution in [3.05, 3.63) is 33.3 Å². The fourth-order valence-corrected chi connectivity index (χ4v) is 4.20. The van der Waals surface area contributed by atoms with E-state index in [1.165, 1.54) is 6.07 Å². The Morgan fingerprint density at radius 2 is 2.00 bits per heavy atom. The normalized spacial score (nSPS) is 26.9. The van der Waals surface area contributed by atoms with Gasteiger partial charge in [0, 0.05) is 5.92 Å². The summed E-state index contributed by atoms with van der Waals surface area (Å²) in [4.78, 5) is 12.2.